The highest BCUT2D eigenvalue weighted by Crippen LogP contribution is 2.31. The standard InChI is InChI=1S/C18H17NO2/c1-12-7-8-13(2)17(9-12)21-18-16-6-4-3-5-15(16)14(11-20)10-19-18/h3-10,20H,11H2,1-2H3. The zero-order valence-electron chi connectivity index (χ0n) is 12.1. The van der Waals surface area contributed by atoms with Crippen molar-refractivity contribution in [2.24, 2.45) is 0 Å². The van der Waals surface area contributed by atoms with Crippen molar-refractivity contribution in [3.05, 3.63) is 65.4 Å². The highest BCUT2D eigenvalue weighted by molar-refractivity contribution is 5.89. The fourth-order valence-electron chi connectivity index (χ4n) is 2.35. The Labute approximate surface area is 123 Å². The van der Waals surface area contributed by atoms with Crippen LogP contribution >= 0.6 is 0 Å². The lowest BCUT2D eigenvalue weighted by molar-refractivity contribution is 0.282. The highest BCUT2D eigenvalue weighted by atomic mass is 16.5. The Balaban J connectivity index is 2.11. The van der Waals surface area contributed by atoms with Crippen molar-refractivity contribution >= 4 is 10.8 Å². The number of pyridine rings is 1. The average Bonchev–Trinajstić information content (AvgIpc) is 2.51. The van der Waals surface area contributed by atoms with E-state index < -0.39 is 0 Å². The molecule has 1 aromatic heterocycles. The minimum atomic E-state index is -0.0305. The highest BCUT2D eigenvalue weighted by Gasteiger charge is 2.10. The van der Waals surface area contributed by atoms with E-state index in [0.29, 0.717) is 5.88 Å². The second-order valence-electron chi connectivity index (χ2n) is 5.16. The third-order valence-electron chi connectivity index (χ3n) is 3.56. The van der Waals surface area contributed by atoms with Gasteiger partial charge in [0, 0.05) is 17.1 Å². The molecule has 3 heteroatoms. The van der Waals surface area contributed by atoms with E-state index in [4.69, 9.17) is 4.74 Å². The second kappa shape index (κ2) is 5.54. The summed E-state index contributed by atoms with van der Waals surface area (Å²) < 4.78 is 6.01. The van der Waals surface area contributed by atoms with E-state index in [0.717, 1.165) is 33.2 Å². The van der Waals surface area contributed by atoms with E-state index >= 15 is 0 Å². The molecule has 3 aromatic rings. The molecule has 1 N–H and O–H groups in total. The van der Waals surface area contributed by atoms with Gasteiger partial charge in [-0.15, -0.1) is 0 Å². The van der Waals surface area contributed by atoms with Crippen LogP contribution in [0.15, 0.2) is 48.7 Å². The number of ether oxygens (including phenoxy) is 1. The first-order chi connectivity index (χ1) is 10.2. The van der Waals surface area contributed by atoms with Crippen LogP contribution < -0.4 is 4.74 Å². The number of aliphatic hydroxyl groups is 1. The maximum atomic E-state index is 9.42. The zero-order valence-corrected chi connectivity index (χ0v) is 12.1. The average molecular weight is 279 g/mol. The van der Waals surface area contributed by atoms with Gasteiger partial charge in [-0.25, -0.2) is 4.98 Å². The summed E-state index contributed by atoms with van der Waals surface area (Å²) in [6.07, 6.45) is 1.67. The van der Waals surface area contributed by atoms with E-state index in [1.54, 1.807) is 6.20 Å². The van der Waals surface area contributed by atoms with Crippen molar-refractivity contribution in [1.29, 1.82) is 0 Å². The van der Waals surface area contributed by atoms with Crippen LogP contribution in [0, 0.1) is 13.8 Å². The number of fused-ring (bicyclic) bond motifs is 1. The molecule has 3 rings (SSSR count). The van der Waals surface area contributed by atoms with Crippen LogP contribution in [0.1, 0.15) is 16.7 Å². The number of rotatable bonds is 3. The largest absolute Gasteiger partial charge is 0.438 e. The molecule has 2 aromatic carbocycles. The summed E-state index contributed by atoms with van der Waals surface area (Å²) in [5.41, 5.74) is 3.02. The van der Waals surface area contributed by atoms with Crippen molar-refractivity contribution in [3.63, 3.8) is 0 Å². The normalized spacial score (nSPS) is 10.8. The molecule has 21 heavy (non-hydrogen) atoms. The van der Waals surface area contributed by atoms with E-state index in [1.807, 2.05) is 50.2 Å². The van der Waals surface area contributed by atoms with Crippen LogP contribution in [0.4, 0.5) is 0 Å². The fraction of sp³-hybridized carbons (Fsp3) is 0.167. The molecule has 0 aliphatic heterocycles. The molecule has 0 saturated carbocycles. The van der Waals surface area contributed by atoms with E-state index in [2.05, 4.69) is 11.1 Å². The summed E-state index contributed by atoms with van der Waals surface area (Å²) in [6, 6.07) is 13.9. The maximum Gasteiger partial charge on any atom is 0.227 e. The van der Waals surface area contributed by atoms with Crippen molar-refractivity contribution < 1.29 is 9.84 Å². The van der Waals surface area contributed by atoms with Crippen LogP contribution in [0.5, 0.6) is 11.6 Å². The van der Waals surface area contributed by atoms with Gasteiger partial charge in [-0.05, 0) is 42.5 Å². The molecular weight excluding hydrogens is 262 g/mol. The first-order valence-corrected chi connectivity index (χ1v) is 6.91. The lowest BCUT2D eigenvalue weighted by atomic mass is 10.1. The summed E-state index contributed by atoms with van der Waals surface area (Å²) in [5.74, 6) is 1.38. The van der Waals surface area contributed by atoms with Crippen LogP contribution in [-0.2, 0) is 6.61 Å². The van der Waals surface area contributed by atoms with Gasteiger partial charge >= 0.3 is 0 Å². The molecule has 106 valence electrons. The molecule has 0 aliphatic rings. The van der Waals surface area contributed by atoms with Gasteiger partial charge in [-0.1, -0.05) is 30.3 Å². The number of aryl methyl sites for hydroxylation is 2. The van der Waals surface area contributed by atoms with Gasteiger partial charge in [0.1, 0.15) is 5.75 Å². The molecule has 0 saturated heterocycles. The molecule has 1 heterocycles. The third kappa shape index (κ3) is 2.60. The lowest BCUT2D eigenvalue weighted by Gasteiger charge is -2.12. The summed E-state index contributed by atoms with van der Waals surface area (Å²) in [4.78, 5) is 4.36. The molecule has 0 amide bonds. The summed E-state index contributed by atoms with van der Waals surface area (Å²) in [5, 5.41) is 11.3. The van der Waals surface area contributed by atoms with Gasteiger partial charge in [-0.3, -0.25) is 0 Å². The minimum Gasteiger partial charge on any atom is -0.438 e. The van der Waals surface area contributed by atoms with Crippen molar-refractivity contribution in [3.8, 4) is 11.6 Å². The number of aliphatic hydroxyl groups excluding tert-OH is 1. The van der Waals surface area contributed by atoms with Crippen LogP contribution in [-0.4, -0.2) is 10.1 Å². The Morgan fingerprint density at radius 2 is 1.81 bits per heavy atom. The fourth-order valence-corrected chi connectivity index (χ4v) is 2.35. The van der Waals surface area contributed by atoms with Gasteiger partial charge in [0.15, 0.2) is 0 Å². The van der Waals surface area contributed by atoms with Crippen molar-refractivity contribution in [2.45, 2.75) is 20.5 Å². The smallest absolute Gasteiger partial charge is 0.227 e. The van der Waals surface area contributed by atoms with Crippen molar-refractivity contribution in [1.82, 2.24) is 4.98 Å². The minimum absolute atomic E-state index is 0.0305. The van der Waals surface area contributed by atoms with Crippen LogP contribution in [0.25, 0.3) is 10.8 Å². The lowest BCUT2D eigenvalue weighted by Crippen LogP contribution is -1.95. The molecule has 0 atom stereocenters. The molecule has 0 spiro atoms. The summed E-state index contributed by atoms with van der Waals surface area (Å²) in [7, 11) is 0. The summed E-state index contributed by atoms with van der Waals surface area (Å²) in [6.45, 7) is 4.02. The molecule has 0 aliphatic carbocycles. The van der Waals surface area contributed by atoms with E-state index in [1.165, 1.54) is 0 Å². The van der Waals surface area contributed by atoms with E-state index in [9.17, 15) is 5.11 Å². The van der Waals surface area contributed by atoms with Gasteiger partial charge in [0.05, 0.1) is 6.61 Å². The Hall–Kier alpha value is -2.39. The SMILES string of the molecule is Cc1ccc(C)c(Oc2ncc(CO)c3ccccc23)c1. The van der Waals surface area contributed by atoms with Crippen LogP contribution in [0.2, 0.25) is 0 Å². The predicted molar refractivity (Wildman–Crippen MR) is 83.7 cm³/mol. The van der Waals surface area contributed by atoms with Gasteiger partial charge in [0.25, 0.3) is 0 Å². The van der Waals surface area contributed by atoms with Crippen molar-refractivity contribution in [2.75, 3.05) is 0 Å². The zero-order chi connectivity index (χ0) is 14.8. The second-order valence-corrected chi connectivity index (χ2v) is 5.16. The number of aromatic nitrogens is 1. The molecule has 0 radical (unpaired) electrons. The first-order valence-electron chi connectivity index (χ1n) is 6.91. The van der Waals surface area contributed by atoms with Gasteiger partial charge < -0.3 is 9.84 Å². The first kappa shape index (κ1) is 13.6. The summed E-state index contributed by atoms with van der Waals surface area (Å²) >= 11 is 0. The Bertz CT molecular complexity index is 796. The maximum absolute atomic E-state index is 9.42. The Morgan fingerprint density at radius 1 is 1.05 bits per heavy atom. The molecule has 0 unspecified atom stereocenters. The van der Waals surface area contributed by atoms with Gasteiger partial charge in [0.2, 0.25) is 5.88 Å². The number of benzene rings is 2. The number of hydrogen-bond acceptors (Lipinski definition) is 3. The quantitative estimate of drug-likeness (QED) is 0.783. The van der Waals surface area contributed by atoms with E-state index in [-0.39, 0.29) is 6.61 Å². The molecule has 3 nitrogen and oxygen atoms in total. The molecule has 0 bridgehead atoms. The topological polar surface area (TPSA) is 42.4 Å². The molecule has 0 fully saturated rings. The monoisotopic (exact) mass is 279 g/mol. The van der Waals surface area contributed by atoms with Gasteiger partial charge in [-0.2, -0.15) is 0 Å². The Kier molecular flexibility index (Phi) is 3.59. The number of hydrogen-bond donors (Lipinski definition) is 1. The Morgan fingerprint density at radius 3 is 2.57 bits per heavy atom. The molecular formula is C18H17NO2. The third-order valence-corrected chi connectivity index (χ3v) is 3.56. The predicted octanol–water partition coefficient (Wildman–Crippen LogP) is 4.14. The van der Waals surface area contributed by atoms with Crippen LogP contribution in [0.3, 0.4) is 0 Å². The number of nitrogens with zero attached hydrogens (tertiary/aromatic N) is 1.